The summed E-state index contributed by atoms with van der Waals surface area (Å²) >= 11 is 0. The van der Waals surface area contributed by atoms with E-state index in [0.29, 0.717) is 12.4 Å². The van der Waals surface area contributed by atoms with E-state index in [1.54, 1.807) is 0 Å². The molecule has 158 valence electrons. The van der Waals surface area contributed by atoms with Gasteiger partial charge in [-0.1, -0.05) is 32.6 Å². The normalized spacial score (nSPS) is 11.9. The average molecular weight is 404 g/mol. The van der Waals surface area contributed by atoms with Crippen LogP contribution in [0.3, 0.4) is 0 Å². The maximum Gasteiger partial charge on any atom is 0.124 e. The molecule has 1 aromatic rings. The second-order valence-electron chi connectivity index (χ2n) is 7.63. The third-order valence-corrected chi connectivity index (χ3v) is 5.51. The van der Waals surface area contributed by atoms with Gasteiger partial charge in [-0.2, -0.15) is 0 Å². The second kappa shape index (κ2) is 13.1. The Hall–Kier alpha value is -1.15. The van der Waals surface area contributed by atoms with Gasteiger partial charge in [0.1, 0.15) is 15.9 Å². The zero-order valence-corrected chi connectivity index (χ0v) is 17.9. The van der Waals surface area contributed by atoms with Gasteiger partial charge in [-0.15, -0.1) is 0 Å². The largest absolute Gasteiger partial charge is 0.744 e. The standard InChI is InChI=1S/C20H35NO4S.H2O/c1-4-5-6-7-8-9-16-21(2,3)17-10-11-18-25-19-12-14-20(15-13-19)26(22,23)24;/h12-15H,4-11,16-18H2,1-3H3;1H2. The molecule has 0 heterocycles. The van der Waals surface area contributed by atoms with E-state index < -0.39 is 10.1 Å². The number of ether oxygens (including phenoxy) is 1. The molecule has 0 amide bonds. The van der Waals surface area contributed by atoms with Crippen molar-refractivity contribution >= 4 is 10.1 Å². The lowest BCUT2D eigenvalue weighted by molar-refractivity contribution is -0.890. The van der Waals surface area contributed by atoms with Gasteiger partial charge >= 0.3 is 0 Å². The molecule has 7 heteroatoms. The van der Waals surface area contributed by atoms with Gasteiger partial charge in [0.05, 0.1) is 38.7 Å². The molecule has 1 rings (SSSR count). The molecule has 0 saturated heterocycles. The Morgan fingerprint density at radius 1 is 0.889 bits per heavy atom. The summed E-state index contributed by atoms with van der Waals surface area (Å²) in [6.45, 7) is 5.19. The Morgan fingerprint density at radius 3 is 1.96 bits per heavy atom. The van der Waals surface area contributed by atoms with Crippen molar-refractivity contribution in [2.75, 3.05) is 33.8 Å². The molecule has 1 aromatic carbocycles. The van der Waals surface area contributed by atoms with Crippen LogP contribution in [-0.4, -0.2) is 56.7 Å². The zero-order valence-electron chi connectivity index (χ0n) is 17.1. The van der Waals surface area contributed by atoms with E-state index in [2.05, 4.69) is 21.0 Å². The smallest absolute Gasteiger partial charge is 0.124 e. The van der Waals surface area contributed by atoms with Crippen molar-refractivity contribution in [2.24, 2.45) is 0 Å². The lowest BCUT2D eigenvalue weighted by Crippen LogP contribution is -2.41. The van der Waals surface area contributed by atoms with Crippen LogP contribution >= 0.6 is 0 Å². The van der Waals surface area contributed by atoms with E-state index in [9.17, 15) is 13.0 Å². The Labute approximate surface area is 165 Å². The maximum atomic E-state index is 10.9. The van der Waals surface area contributed by atoms with Crippen LogP contribution in [0, 0.1) is 0 Å². The predicted octanol–water partition coefficient (Wildman–Crippen LogP) is 3.36. The highest BCUT2D eigenvalue weighted by Crippen LogP contribution is 2.16. The van der Waals surface area contributed by atoms with Crippen LogP contribution in [0.4, 0.5) is 0 Å². The summed E-state index contributed by atoms with van der Waals surface area (Å²) < 4.78 is 39.3. The van der Waals surface area contributed by atoms with Crippen molar-refractivity contribution in [1.82, 2.24) is 0 Å². The van der Waals surface area contributed by atoms with E-state index in [1.807, 2.05) is 0 Å². The van der Waals surface area contributed by atoms with Crippen LogP contribution < -0.4 is 4.74 Å². The van der Waals surface area contributed by atoms with Gasteiger partial charge in [0, 0.05) is 0 Å². The molecule has 0 aliphatic carbocycles. The van der Waals surface area contributed by atoms with Crippen molar-refractivity contribution < 1.29 is 27.7 Å². The minimum Gasteiger partial charge on any atom is -0.744 e. The van der Waals surface area contributed by atoms with Crippen molar-refractivity contribution in [3.05, 3.63) is 24.3 Å². The Morgan fingerprint density at radius 2 is 1.41 bits per heavy atom. The molecule has 0 fully saturated rings. The summed E-state index contributed by atoms with van der Waals surface area (Å²) in [4.78, 5) is -0.224. The number of rotatable bonds is 14. The van der Waals surface area contributed by atoms with Gasteiger partial charge in [0.2, 0.25) is 0 Å². The number of benzene rings is 1. The highest BCUT2D eigenvalue weighted by Gasteiger charge is 2.13. The molecule has 0 unspecified atom stereocenters. The van der Waals surface area contributed by atoms with E-state index >= 15 is 0 Å². The molecule has 0 aliphatic rings. The Balaban J connectivity index is 0.00000676. The van der Waals surface area contributed by atoms with E-state index in [1.165, 1.54) is 69.3 Å². The zero-order chi connectivity index (χ0) is 19.5. The monoisotopic (exact) mass is 403 g/mol. The van der Waals surface area contributed by atoms with Gasteiger partial charge in [-0.05, 0) is 49.9 Å². The number of quaternary nitrogens is 1. The van der Waals surface area contributed by atoms with E-state index in [-0.39, 0.29) is 10.4 Å². The topological polar surface area (TPSA) is 97.9 Å². The van der Waals surface area contributed by atoms with Crippen LogP contribution in [0.25, 0.3) is 0 Å². The molecule has 0 aliphatic heterocycles. The predicted molar refractivity (Wildman–Crippen MR) is 108 cm³/mol. The Bertz CT molecular complexity index is 599. The van der Waals surface area contributed by atoms with Crippen LogP contribution in [0.15, 0.2) is 29.2 Å². The fourth-order valence-corrected chi connectivity index (χ4v) is 3.44. The molecule has 0 aromatic heterocycles. The first kappa shape index (κ1) is 25.9. The highest BCUT2D eigenvalue weighted by atomic mass is 32.2. The van der Waals surface area contributed by atoms with Crippen molar-refractivity contribution in [3.63, 3.8) is 0 Å². The van der Waals surface area contributed by atoms with Gasteiger partial charge in [-0.3, -0.25) is 0 Å². The lowest BCUT2D eigenvalue weighted by Gasteiger charge is -2.30. The maximum absolute atomic E-state index is 10.9. The summed E-state index contributed by atoms with van der Waals surface area (Å²) in [5.41, 5.74) is 0. The summed E-state index contributed by atoms with van der Waals surface area (Å²) in [6, 6.07) is 5.64. The van der Waals surface area contributed by atoms with Crippen molar-refractivity contribution in [3.8, 4) is 5.75 Å². The third kappa shape index (κ3) is 12.0. The molecule has 0 atom stereocenters. The first-order valence-corrected chi connectivity index (χ1v) is 11.2. The molecule has 0 spiro atoms. The van der Waals surface area contributed by atoms with Crippen LogP contribution in [0.5, 0.6) is 5.75 Å². The molecule has 0 radical (unpaired) electrons. The second-order valence-corrected chi connectivity index (χ2v) is 9.01. The minimum absolute atomic E-state index is 0. The van der Waals surface area contributed by atoms with Crippen LogP contribution in [0.2, 0.25) is 0 Å². The van der Waals surface area contributed by atoms with Crippen LogP contribution in [-0.2, 0) is 10.1 Å². The number of hydrogen-bond donors (Lipinski definition) is 0. The fourth-order valence-electron chi connectivity index (χ4n) is 2.97. The first-order chi connectivity index (χ1) is 12.2. The molecular formula is C20H37NO5S. The summed E-state index contributed by atoms with van der Waals surface area (Å²) in [6.07, 6.45) is 10.0. The molecule has 0 saturated carbocycles. The highest BCUT2D eigenvalue weighted by molar-refractivity contribution is 7.85. The van der Waals surface area contributed by atoms with Gasteiger partial charge in [0.15, 0.2) is 0 Å². The number of unbranched alkanes of at least 4 members (excludes halogenated alkanes) is 6. The van der Waals surface area contributed by atoms with E-state index in [4.69, 9.17) is 4.74 Å². The first-order valence-electron chi connectivity index (χ1n) is 9.75. The molecule has 27 heavy (non-hydrogen) atoms. The third-order valence-electron chi connectivity index (χ3n) is 4.66. The Kier molecular flexibility index (Phi) is 12.5. The van der Waals surface area contributed by atoms with Crippen molar-refractivity contribution in [2.45, 2.75) is 63.2 Å². The van der Waals surface area contributed by atoms with Gasteiger partial charge in [0.25, 0.3) is 0 Å². The quantitative estimate of drug-likeness (QED) is 0.270. The SMILES string of the molecule is CCCCCCCC[N+](C)(C)CCCCOc1ccc(S(=O)(=O)[O-])cc1.O. The minimum atomic E-state index is -4.39. The van der Waals surface area contributed by atoms with Gasteiger partial charge in [-0.25, -0.2) is 8.42 Å². The summed E-state index contributed by atoms with van der Waals surface area (Å²) in [5.74, 6) is 0.596. The van der Waals surface area contributed by atoms with Crippen LogP contribution in [0.1, 0.15) is 58.3 Å². The molecule has 0 bridgehead atoms. The number of hydrogen-bond acceptors (Lipinski definition) is 4. The fraction of sp³-hybridized carbons (Fsp3) is 0.700. The summed E-state index contributed by atoms with van der Waals surface area (Å²) in [5, 5.41) is 0. The van der Waals surface area contributed by atoms with Gasteiger partial charge < -0.3 is 19.2 Å². The average Bonchev–Trinajstić information content (AvgIpc) is 2.57. The summed E-state index contributed by atoms with van der Waals surface area (Å²) in [7, 11) is 0.186. The van der Waals surface area contributed by atoms with E-state index in [0.717, 1.165) is 23.9 Å². The lowest BCUT2D eigenvalue weighted by atomic mass is 10.1. The molecular weight excluding hydrogens is 366 g/mol. The molecule has 6 nitrogen and oxygen atoms in total. The number of nitrogens with zero attached hydrogens (tertiary/aromatic N) is 1. The van der Waals surface area contributed by atoms with Crippen molar-refractivity contribution in [1.29, 1.82) is 0 Å². The molecule has 2 N–H and O–H groups in total.